The van der Waals surface area contributed by atoms with Gasteiger partial charge in [-0.2, -0.15) is 0 Å². The topological polar surface area (TPSA) is 244 Å². The summed E-state index contributed by atoms with van der Waals surface area (Å²) < 4.78 is 79.4. The Hall–Kier alpha value is -7.40. The van der Waals surface area contributed by atoms with Gasteiger partial charge >= 0.3 is 0 Å². The van der Waals surface area contributed by atoms with E-state index in [0.29, 0.717) is 46.4 Å². The Balaban J connectivity index is 0.000000211. The molecular weight excluding hydrogens is 961 g/mol. The van der Waals surface area contributed by atoms with Gasteiger partial charge in [-0.1, -0.05) is 48.5 Å². The summed E-state index contributed by atoms with van der Waals surface area (Å²) in [7, 11) is -1.61. The minimum atomic E-state index is -3.78. The van der Waals surface area contributed by atoms with Crippen LogP contribution in [0.15, 0.2) is 110 Å². The molecule has 0 spiro atoms. The Bertz CT molecular complexity index is 3130. The largest absolute Gasteiger partial charge is 0.481 e. The molecule has 2 aromatic carbocycles. The highest BCUT2D eigenvalue weighted by atomic mass is 32.2. The molecule has 0 aliphatic rings. The highest BCUT2D eigenvalue weighted by Gasteiger charge is 2.36. The van der Waals surface area contributed by atoms with E-state index in [1.165, 1.54) is 28.4 Å². The average molecular weight is 1020 g/mol. The zero-order valence-electron chi connectivity index (χ0n) is 41.6. The second kappa shape index (κ2) is 22.8. The van der Waals surface area contributed by atoms with E-state index >= 15 is 0 Å². The van der Waals surface area contributed by atoms with E-state index in [2.05, 4.69) is 50.3 Å². The number of aryl methyl sites for hydroxylation is 4. The Morgan fingerprint density at radius 1 is 0.486 bits per heavy atom. The molecule has 20 nitrogen and oxygen atoms in total. The molecule has 0 unspecified atom stereocenters. The monoisotopic (exact) mass is 1020 g/mol. The summed E-state index contributed by atoms with van der Waals surface area (Å²) in [5, 5.41) is 15.3. The number of ether oxygens (including phenoxy) is 4. The smallest absolute Gasteiger partial charge is 0.213 e. The Morgan fingerprint density at radius 3 is 1.18 bits per heavy atom. The van der Waals surface area contributed by atoms with Crippen molar-refractivity contribution in [2.75, 3.05) is 28.4 Å². The highest BCUT2D eigenvalue weighted by molar-refractivity contribution is 7.91. The van der Waals surface area contributed by atoms with E-state index in [0.717, 1.165) is 33.6 Å². The normalized spacial score (nSPS) is 13.4. The molecule has 376 valence electrons. The van der Waals surface area contributed by atoms with Gasteiger partial charge in [-0.3, -0.25) is 9.13 Å². The third-order valence-corrected chi connectivity index (χ3v) is 15.8. The van der Waals surface area contributed by atoms with Crippen molar-refractivity contribution in [3.8, 4) is 46.2 Å². The van der Waals surface area contributed by atoms with Crippen LogP contribution >= 0.6 is 0 Å². The molecule has 6 aromatic heterocycles. The molecule has 8 rings (SSSR count). The molecule has 0 bridgehead atoms. The lowest BCUT2D eigenvalue weighted by molar-refractivity contribution is 0.0947. The summed E-state index contributed by atoms with van der Waals surface area (Å²) in [6.07, 6.45) is 4.85. The Morgan fingerprint density at radius 2 is 0.847 bits per heavy atom. The van der Waals surface area contributed by atoms with Crippen LogP contribution in [0.25, 0.3) is 34.4 Å². The molecule has 0 radical (unpaired) electrons. The lowest BCUT2D eigenvalue weighted by Crippen LogP contribution is -2.30. The third-order valence-electron chi connectivity index (χ3n) is 11.8. The summed E-state index contributed by atoms with van der Waals surface area (Å²) in [6, 6.07) is 25.8. The molecule has 4 atom stereocenters. The van der Waals surface area contributed by atoms with Gasteiger partial charge in [-0.05, 0) is 88.1 Å². The van der Waals surface area contributed by atoms with Gasteiger partial charge in [-0.15, -0.1) is 20.4 Å². The first-order valence-electron chi connectivity index (χ1n) is 22.6. The molecule has 0 aliphatic carbocycles. The SMILES string of the molecule is COc1cccc(-c2nnc(CS(=O)(=O)[C@@H](C)[C@H](OC)c3ncc(C)cn3)n2-c2ccccc2C)n1.COc1cccc(-c2nnc(CS(=O)(=O)[C@@H](C)[C@H](OC)c3ncc(C)cn3)n2-c2ccccc2C)n1. The molecule has 0 saturated carbocycles. The minimum Gasteiger partial charge on any atom is -0.481 e. The van der Waals surface area contributed by atoms with Crippen LogP contribution in [-0.2, 0) is 40.7 Å². The van der Waals surface area contributed by atoms with Crippen molar-refractivity contribution < 1.29 is 35.8 Å². The van der Waals surface area contributed by atoms with Crippen molar-refractivity contribution in [1.29, 1.82) is 0 Å². The van der Waals surface area contributed by atoms with E-state index in [4.69, 9.17) is 18.9 Å². The van der Waals surface area contributed by atoms with E-state index in [1.807, 2.05) is 76.2 Å². The van der Waals surface area contributed by atoms with Crippen molar-refractivity contribution in [3.63, 3.8) is 0 Å². The predicted molar refractivity (Wildman–Crippen MR) is 269 cm³/mol. The highest BCUT2D eigenvalue weighted by Crippen LogP contribution is 2.32. The van der Waals surface area contributed by atoms with Crippen LogP contribution in [0.4, 0.5) is 0 Å². The van der Waals surface area contributed by atoms with Crippen LogP contribution in [0.5, 0.6) is 11.8 Å². The number of benzene rings is 2. The number of hydrogen-bond acceptors (Lipinski definition) is 18. The minimum absolute atomic E-state index is 0.260. The van der Waals surface area contributed by atoms with E-state index < -0.39 is 42.4 Å². The van der Waals surface area contributed by atoms with Gasteiger partial charge in [0.25, 0.3) is 0 Å². The molecule has 0 aliphatic heterocycles. The van der Waals surface area contributed by atoms with Crippen molar-refractivity contribution in [2.45, 2.75) is 75.8 Å². The van der Waals surface area contributed by atoms with Gasteiger partial charge in [0.15, 0.2) is 54.6 Å². The molecule has 6 heterocycles. The summed E-state index contributed by atoms with van der Waals surface area (Å²) >= 11 is 0. The van der Waals surface area contributed by atoms with Gasteiger partial charge in [0, 0.05) is 51.1 Å². The van der Waals surface area contributed by atoms with Crippen molar-refractivity contribution in [1.82, 2.24) is 59.4 Å². The molecule has 72 heavy (non-hydrogen) atoms. The summed E-state index contributed by atoms with van der Waals surface area (Å²) in [5.74, 6) is 2.03. The third kappa shape index (κ3) is 11.7. The number of sulfone groups is 2. The average Bonchev–Trinajstić information content (AvgIpc) is 3.99. The van der Waals surface area contributed by atoms with E-state index in [1.54, 1.807) is 84.2 Å². The lowest BCUT2D eigenvalue weighted by Gasteiger charge is -2.22. The number of para-hydroxylation sites is 2. The number of hydrogen-bond donors (Lipinski definition) is 0. The van der Waals surface area contributed by atoms with Crippen LogP contribution in [0.3, 0.4) is 0 Å². The predicted octanol–water partition coefficient (Wildman–Crippen LogP) is 6.87. The molecule has 0 fully saturated rings. The first-order chi connectivity index (χ1) is 34.5. The van der Waals surface area contributed by atoms with Gasteiger partial charge < -0.3 is 18.9 Å². The van der Waals surface area contributed by atoms with Crippen LogP contribution in [0, 0.1) is 27.7 Å². The maximum absolute atomic E-state index is 13.6. The summed E-state index contributed by atoms with van der Waals surface area (Å²) in [4.78, 5) is 26.1. The fraction of sp³-hybridized carbons (Fsp3) is 0.320. The Kier molecular flexibility index (Phi) is 16.6. The van der Waals surface area contributed by atoms with Crippen molar-refractivity contribution in [2.24, 2.45) is 0 Å². The van der Waals surface area contributed by atoms with Crippen molar-refractivity contribution >= 4 is 19.7 Å². The van der Waals surface area contributed by atoms with Crippen molar-refractivity contribution in [3.05, 3.63) is 155 Å². The van der Waals surface area contributed by atoms with Gasteiger partial charge in [0.05, 0.1) is 36.1 Å². The number of methoxy groups -OCH3 is 4. The van der Waals surface area contributed by atoms with Crippen LogP contribution in [-0.4, -0.2) is 115 Å². The maximum Gasteiger partial charge on any atom is 0.213 e. The number of pyridine rings is 2. The molecule has 0 amide bonds. The van der Waals surface area contributed by atoms with Gasteiger partial charge in [-0.25, -0.2) is 46.7 Å². The number of rotatable bonds is 18. The first kappa shape index (κ1) is 52.4. The quantitative estimate of drug-likeness (QED) is 0.0851. The number of nitrogens with zero attached hydrogens (tertiary/aromatic N) is 12. The summed E-state index contributed by atoms with van der Waals surface area (Å²) in [5.41, 5.74) is 6.11. The summed E-state index contributed by atoms with van der Waals surface area (Å²) in [6.45, 7) is 10.8. The molecule has 0 N–H and O–H groups in total. The lowest BCUT2D eigenvalue weighted by atomic mass is 10.2. The fourth-order valence-corrected chi connectivity index (χ4v) is 10.5. The molecule has 8 aromatic rings. The molecular formula is C50H56N12O8S2. The van der Waals surface area contributed by atoms with Crippen LogP contribution in [0.2, 0.25) is 0 Å². The molecule has 0 saturated heterocycles. The van der Waals surface area contributed by atoms with E-state index in [-0.39, 0.29) is 23.2 Å². The van der Waals surface area contributed by atoms with Gasteiger partial charge in [0.2, 0.25) is 11.8 Å². The number of aromatic nitrogens is 12. The fourth-order valence-electron chi connectivity index (χ4n) is 7.71. The van der Waals surface area contributed by atoms with E-state index in [9.17, 15) is 16.8 Å². The zero-order valence-corrected chi connectivity index (χ0v) is 43.2. The molecule has 22 heteroatoms. The Labute approximate surface area is 418 Å². The van der Waals surface area contributed by atoms with Crippen LogP contribution in [0.1, 0.15) is 71.6 Å². The zero-order chi connectivity index (χ0) is 51.7. The van der Waals surface area contributed by atoms with Crippen LogP contribution < -0.4 is 9.47 Å². The van der Waals surface area contributed by atoms with Gasteiger partial charge in [0.1, 0.15) is 35.1 Å². The maximum atomic E-state index is 13.6. The standard InChI is InChI=1S/2C25H28N6O4S/c2*1-16-13-26-24(27-14-16)23(35-5)18(3)36(32,33)15-21-29-30-25(19-10-8-12-22(28-19)34-4)31(21)20-11-7-6-9-17(20)2/h2*6-14,18,23H,15H2,1-5H3/t2*18-,23-/m00/s1. The second-order valence-corrected chi connectivity index (χ2v) is 21.5. The first-order valence-corrected chi connectivity index (χ1v) is 26.0. The second-order valence-electron chi connectivity index (χ2n) is 16.8.